The summed E-state index contributed by atoms with van der Waals surface area (Å²) in [5.74, 6) is -0.115. The molecule has 0 amide bonds. The van der Waals surface area contributed by atoms with Crippen LogP contribution in [-0.4, -0.2) is 29.9 Å². The average Bonchev–Trinajstić information content (AvgIpc) is 2.60. The summed E-state index contributed by atoms with van der Waals surface area (Å²) in [4.78, 5) is 32.1. The summed E-state index contributed by atoms with van der Waals surface area (Å²) < 4.78 is 0. The Labute approximate surface area is 123 Å². The Balaban J connectivity index is 2.39. The summed E-state index contributed by atoms with van der Waals surface area (Å²) in [7, 11) is 0. The molecule has 1 aromatic carbocycles. The van der Waals surface area contributed by atoms with Gasteiger partial charge in [0.2, 0.25) is 11.0 Å². The number of aromatic nitrogens is 6. The van der Waals surface area contributed by atoms with Crippen LogP contribution in [0.15, 0.2) is 24.8 Å². The van der Waals surface area contributed by atoms with Crippen LogP contribution in [0.5, 0.6) is 0 Å². The SMILES string of the molecule is [C-]#[N+]c1nc2c3nccnc3c3nccnc3c2nc1[N+]#[C-]. The first kappa shape index (κ1) is 12.0. The van der Waals surface area contributed by atoms with Crippen LogP contribution in [0.4, 0.5) is 11.6 Å². The van der Waals surface area contributed by atoms with Crippen LogP contribution in [0.3, 0.4) is 0 Å². The van der Waals surface area contributed by atoms with Gasteiger partial charge in [0.05, 0.1) is 0 Å². The van der Waals surface area contributed by atoms with E-state index in [2.05, 4.69) is 39.6 Å². The van der Waals surface area contributed by atoms with Gasteiger partial charge in [0, 0.05) is 24.8 Å². The summed E-state index contributed by atoms with van der Waals surface area (Å²) in [5, 5.41) is 0. The summed E-state index contributed by atoms with van der Waals surface area (Å²) in [5.41, 5.74) is 2.85. The first-order valence-corrected chi connectivity index (χ1v) is 6.13. The number of hydrogen-bond acceptors (Lipinski definition) is 6. The maximum Gasteiger partial charge on any atom is 0.294 e. The predicted molar refractivity (Wildman–Crippen MR) is 78.3 cm³/mol. The molecule has 4 aromatic rings. The van der Waals surface area contributed by atoms with Crippen molar-refractivity contribution in [3.63, 3.8) is 0 Å². The molecule has 0 fully saturated rings. The molecule has 4 rings (SSSR count). The second kappa shape index (κ2) is 4.36. The van der Waals surface area contributed by atoms with Crippen LogP contribution in [0.25, 0.3) is 42.8 Å². The second-order valence-corrected chi connectivity index (χ2v) is 4.30. The zero-order valence-electron chi connectivity index (χ0n) is 10.9. The van der Waals surface area contributed by atoms with Crippen molar-refractivity contribution < 1.29 is 0 Å². The van der Waals surface area contributed by atoms with Crippen molar-refractivity contribution >= 4 is 44.7 Å². The molecular formula is C14H4N8. The summed E-state index contributed by atoms with van der Waals surface area (Å²) in [6, 6.07) is 0. The molecule has 8 nitrogen and oxygen atoms in total. The van der Waals surface area contributed by atoms with E-state index in [0.717, 1.165) is 0 Å². The normalized spacial score (nSPS) is 10.6. The van der Waals surface area contributed by atoms with Crippen molar-refractivity contribution in [1.29, 1.82) is 0 Å². The van der Waals surface area contributed by atoms with Crippen molar-refractivity contribution in [2.45, 2.75) is 0 Å². The molecule has 8 heteroatoms. The molecule has 100 valence electrons. The lowest BCUT2D eigenvalue weighted by atomic mass is 10.2. The van der Waals surface area contributed by atoms with Crippen LogP contribution in [0.2, 0.25) is 0 Å². The lowest BCUT2D eigenvalue weighted by Gasteiger charge is -2.02. The molecule has 0 aliphatic heterocycles. The Morgan fingerprint density at radius 2 is 0.864 bits per heavy atom. The van der Waals surface area contributed by atoms with Gasteiger partial charge in [-0.3, -0.25) is 9.97 Å². The lowest BCUT2D eigenvalue weighted by molar-refractivity contribution is 1.25. The maximum atomic E-state index is 7.15. The van der Waals surface area contributed by atoms with E-state index in [1.54, 1.807) is 12.4 Å². The largest absolute Gasteiger partial charge is 0.370 e. The van der Waals surface area contributed by atoms with Gasteiger partial charge >= 0.3 is 0 Å². The molecule has 22 heavy (non-hydrogen) atoms. The van der Waals surface area contributed by atoms with Crippen LogP contribution in [0, 0.1) is 13.1 Å². The number of nitrogens with zero attached hydrogens (tertiary/aromatic N) is 8. The highest BCUT2D eigenvalue weighted by atomic mass is 15.0. The molecule has 0 saturated carbocycles. The van der Waals surface area contributed by atoms with Gasteiger partial charge in [-0.05, 0) is 0 Å². The molecule has 0 aliphatic carbocycles. The molecule has 0 radical (unpaired) electrons. The Hall–Kier alpha value is -3.78. The highest BCUT2D eigenvalue weighted by Crippen LogP contribution is 2.33. The maximum absolute atomic E-state index is 7.15. The van der Waals surface area contributed by atoms with E-state index in [1.165, 1.54) is 12.4 Å². The standard InChI is InChI=1S/C14H4N8/c1-15-13-14(16-2)22-12-10-8(18-4-6-20-10)7-9(11(12)21-13)19-5-3-17-7/h3-6H. The fourth-order valence-corrected chi connectivity index (χ4v) is 2.27. The molecule has 3 aromatic heterocycles. The second-order valence-electron chi connectivity index (χ2n) is 4.30. The first-order chi connectivity index (χ1) is 10.8. The zero-order chi connectivity index (χ0) is 15.1. The Kier molecular flexibility index (Phi) is 2.38. The minimum atomic E-state index is -0.0577. The van der Waals surface area contributed by atoms with Crippen LogP contribution in [0.1, 0.15) is 0 Å². The Morgan fingerprint density at radius 1 is 0.545 bits per heavy atom. The molecule has 0 saturated heterocycles. The Morgan fingerprint density at radius 3 is 1.18 bits per heavy atom. The average molecular weight is 284 g/mol. The van der Waals surface area contributed by atoms with Gasteiger partial charge in [0.15, 0.2) is 0 Å². The number of fused-ring (bicyclic) bond motifs is 6. The summed E-state index contributed by atoms with van der Waals surface area (Å²) >= 11 is 0. The highest BCUT2D eigenvalue weighted by Gasteiger charge is 2.22. The molecule has 3 heterocycles. The smallest absolute Gasteiger partial charge is 0.294 e. The minimum Gasteiger partial charge on any atom is -0.370 e. The van der Waals surface area contributed by atoms with Gasteiger partial charge in [-0.1, -0.05) is 13.1 Å². The fourth-order valence-electron chi connectivity index (χ4n) is 2.27. The minimum absolute atomic E-state index is 0.0577. The van der Waals surface area contributed by atoms with Gasteiger partial charge in [-0.2, -0.15) is 0 Å². The highest BCUT2D eigenvalue weighted by molar-refractivity contribution is 6.18. The van der Waals surface area contributed by atoms with E-state index in [-0.39, 0.29) is 11.6 Å². The molecular weight excluding hydrogens is 280 g/mol. The molecule has 0 unspecified atom stereocenters. The predicted octanol–water partition coefficient (Wildman–Crippen LogP) is 2.62. The van der Waals surface area contributed by atoms with Crippen LogP contribution < -0.4 is 0 Å². The van der Waals surface area contributed by atoms with Gasteiger partial charge in [-0.25, -0.2) is 9.97 Å². The Bertz CT molecular complexity index is 1060. The van der Waals surface area contributed by atoms with E-state index < -0.39 is 0 Å². The van der Waals surface area contributed by atoms with Crippen molar-refractivity contribution in [3.05, 3.63) is 47.6 Å². The van der Waals surface area contributed by atoms with Crippen molar-refractivity contribution in [2.75, 3.05) is 0 Å². The number of hydrogen-bond donors (Lipinski definition) is 0. The van der Waals surface area contributed by atoms with E-state index in [0.29, 0.717) is 33.1 Å². The van der Waals surface area contributed by atoms with Crippen LogP contribution >= 0.6 is 0 Å². The zero-order valence-corrected chi connectivity index (χ0v) is 10.9. The molecule has 0 spiro atoms. The molecule has 0 atom stereocenters. The molecule has 0 bridgehead atoms. The van der Waals surface area contributed by atoms with E-state index in [9.17, 15) is 0 Å². The van der Waals surface area contributed by atoms with Gasteiger partial charge in [0.25, 0.3) is 11.6 Å². The quantitative estimate of drug-likeness (QED) is 0.364. The first-order valence-electron chi connectivity index (χ1n) is 6.13. The van der Waals surface area contributed by atoms with Crippen molar-refractivity contribution in [2.24, 2.45) is 0 Å². The van der Waals surface area contributed by atoms with E-state index >= 15 is 0 Å². The summed E-state index contributed by atoms with van der Waals surface area (Å²) in [6.45, 7) is 14.3. The van der Waals surface area contributed by atoms with Crippen LogP contribution in [-0.2, 0) is 0 Å². The van der Waals surface area contributed by atoms with E-state index in [1.807, 2.05) is 0 Å². The van der Waals surface area contributed by atoms with Gasteiger partial charge in [0.1, 0.15) is 22.1 Å². The fraction of sp³-hybridized carbons (Fsp3) is 0. The third kappa shape index (κ3) is 1.49. The lowest BCUT2D eigenvalue weighted by Crippen LogP contribution is -1.95. The molecule has 0 aliphatic rings. The van der Waals surface area contributed by atoms with Crippen molar-refractivity contribution in [3.8, 4) is 0 Å². The number of benzene rings is 1. The summed E-state index contributed by atoms with van der Waals surface area (Å²) in [6.07, 6.45) is 6.18. The van der Waals surface area contributed by atoms with E-state index in [4.69, 9.17) is 13.1 Å². The van der Waals surface area contributed by atoms with Gasteiger partial charge in [-0.15, -0.1) is 9.97 Å². The topological polar surface area (TPSA) is 86.1 Å². The van der Waals surface area contributed by atoms with Gasteiger partial charge < -0.3 is 9.69 Å². The monoisotopic (exact) mass is 284 g/mol. The number of rotatable bonds is 0. The molecule has 0 N–H and O–H groups in total. The third-order valence-corrected chi connectivity index (χ3v) is 3.14. The third-order valence-electron chi connectivity index (χ3n) is 3.14. The van der Waals surface area contributed by atoms with Crippen molar-refractivity contribution in [1.82, 2.24) is 29.9 Å².